The maximum absolute atomic E-state index is 12.5. The van der Waals surface area contributed by atoms with Gasteiger partial charge in [-0.15, -0.1) is 0 Å². The number of β-amino-alcohol motifs (C(OH)–C–C–N with tert-alkyl or cyclic N) is 1. The number of nitrogens with zero attached hydrogens (tertiary/aromatic N) is 3. The Labute approximate surface area is 229 Å². The quantitative estimate of drug-likeness (QED) is 0.361. The summed E-state index contributed by atoms with van der Waals surface area (Å²) in [5, 5.41) is 16.2. The molecular formula is C30H36ClN5O2. The van der Waals surface area contributed by atoms with Crippen molar-refractivity contribution in [1.82, 2.24) is 14.9 Å². The lowest BCUT2D eigenvalue weighted by Gasteiger charge is -2.32. The number of carbonyl (C=O) groups excluding carboxylic acids is 1. The molecule has 3 heterocycles. The molecular weight excluding hydrogens is 498 g/mol. The van der Waals surface area contributed by atoms with Gasteiger partial charge in [-0.3, -0.25) is 4.79 Å². The second-order valence-corrected chi connectivity index (χ2v) is 11.4. The van der Waals surface area contributed by atoms with Gasteiger partial charge in [-0.05, 0) is 93.3 Å². The number of nitrogens with one attached hydrogen (secondary N) is 2. The van der Waals surface area contributed by atoms with Gasteiger partial charge in [-0.2, -0.15) is 0 Å². The monoisotopic (exact) mass is 533 g/mol. The largest absolute Gasteiger partial charge is 0.395 e. The molecule has 38 heavy (non-hydrogen) atoms. The number of likely N-dealkylation sites (tertiary alicyclic amines) is 1. The predicted molar refractivity (Wildman–Crippen MR) is 153 cm³/mol. The van der Waals surface area contributed by atoms with Gasteiger partial charge in [0.25, 0.3) is 0 Å². The molecule has 2 aromatic carbocycles. The molecule has 1 amide bonds. The molecule has 1 fully saturated rings. The Kier molecular flexibility index (Phi) is 7.70. The zero-order valence-corrected chi connectivity index (χ0v) is 23.1. The van der Waals surface area contributed by atoms with Crippen molar-refractivity contribution in [3.05, 3.63) is 75.6 Å². The number of aliphatic hydroxyl groups is 1. The summed E-state index contributed by atoms with van der Waals surface area (Å²) in [6, 6.07) is 12.6. The van der Waals surface area contributed by atoms with E-state index in [2.05, 4.69) is 51.7 Å². The third kappa shape index (κ3) is 5.41. The number of anilines is 3. The van der Waals surface area contributed by atoms with Crippen LogP contribution in [0.2, 0.25) is 5.02 Å². The summed E-state index contributed by atoms with van der Waals surface area (Å²) in [6.45, 7) is 9.03. The van der Waals surface area contributed by atoms with E-state index in [9.17, 15) is 9.90 Å². The molecule has 0 radical (unpaired) electrons. The van der Waals surface area contributed by atoms with Crippen LogP contribution in [0.15, 0.2) is 42.6 Å². The Morgan fingerprint density at radius 1 is 1.24 bits per heavy atom. The first-order chi connectivity index (χ1) is 18.3. The predicted octanol–water partition coefficient (Wildman–Crippen LogP) is 5.37. The molecule has 1 unspecified atom stereocenters. The average molecular weight is 534 g/mol. The number of hydrogen-bond acceptors (Lipinski definition) is 6. The molecule has 0 bridgehead atoms. The van der Waals surface area contributed by atoms with Crippen molar-refractivity contribution >= 4 is 34.8 Å². The minimum atomic E-state index is -0.563. The molecule has 5 rings (SSSR count). The molecule has 8 heteroatoms. The highest BCUT2D eigenvalue weighted by molar-refractivity contribution is 6.31. The topological polar surface area (TPSA) is 90.4 Å². The van der Waals surface area contributed by atoms with Crippen molar-refractivity contribution in [1.29, 1.82) is 0 Å². The lowest BCUT2D eigenvalue weighted by Crippen LogP contribution is -2.36. The first-order valence-electron chi connectivity index (χ1n) is 13.4. The van der Waals surface area contributed by atoms with E-state index < -0.39 is 5.41 Å². The fourth-order valence-corrected chi connectivity index (χ4v) is 5.99. The van der Waals surface area contributed by atoms with Crippen LogP contribution in [0.3, 0.4) is 0 Å². The first kappa shape index (κ1) is 26.6. The fourth-order valence-electron chi connectivity index (χ4n) is 5.81. The van der Waals surface area contributed by atoms with Gasteiger partial charge in [0.05, 0.1) is 28.9 Å². The summed E-state index contributed by atoms with van der Waals surface area (Å²) in [4.78, 5) is 24.0. The number of benzene rings is 2. The molecule has 0 spiro atoms. The molecule has 3 aromatic rings. The summed E-state index contributed by atoms with van der Waals surface area (Å²) < 4.78 is 0. The number of aryl methyl sites for hydroxylation is 3. The van der Waals surface area contributed by atoms with Gasteiger partial charge in [-0.1, -0.05) is 35.9 Å². The second-order valence-electron chi connectivity index (χ2n) is 11.0. The van der Waals surface area contributed by atoms with E-state index in [1.54, 1.807) is 6.20 Å². The Morgan fingerprint density at radius 2 is 2.08 bits per heavy atom. The molecule has 1 saturated heterocycles. The number of piperidine rings is 1. The molecule has 2 aliphatic rings. The van der Waals surface area contributed by atoms with Crippen molar-refractivity contribution in [2.24, 2.45) is 0 Å². The number of aliphatic hydroxyl groups excluding tert-OH is 1. The molecule has 1 aromatic heterocycles. The third-order valence-corrected chi connectivity index (χ3v) is 8.25. The number of aromatic nitrogens is 2. The lowest BCUT2D eigenvalue weighted by atomic mass is 9.82. The van der Waals surface area contributed by atoms with Gasteiger partial charge < -0.3 is 20.6 Å². The number of hydrogen-bond donors (Lipinski definition) is 3. The Bertz CT molecular complexity index is 1340. The van der Waals surface area contributed by atoms with Crippen molar-refractivity contribution in [3.63, 3.8) is 0 Å². The van der Waals surface area contributed by atoms with Gasteiger partial charge in [-0.25, -0.2) is 9.97 Å². The number of amides is 1. The molecule has 200 valence electrons. The van der Waals surface area contributed by atoms with E-state index >= 15 is 0 Å². The van der Waals surface area contributed by atoms with Crippen molar-refractivity contribution < 1.29 is 9.90 Å². The highest BCUT2D eigenvalue weighted by Crippen LogP contribution is 2.40. The molecule has 2 aliphatic heterocycles. The van der Waals surface area contributed by atoms with E-state index in [0.29, 0.717) is 23.3 Å². The van der Waals surface area contributed by atoms with Gasteiger partial charge in [0.2, 0.25) is 11.9 Å². The van der Waals surface area contributed by atoms with E-state index in [-0.39, 0.29) is 12.5 Å². The van der Waals surface area contributed by atoms with Crippen LogP contribution in [-0.4, -0.2) is 52.1 Å². The van der Waals surface area contributed by atoms with Gasteiger partial charge >= 0.3 is 0 Å². The molecule has 1 atom stereocenters. The van der Waals surface area contributed by atoms with E-state index in [1.165, 1.54) is 12.0 Å². The number of fused-ring (bicyclic) bond motifs is 1. The van der Waals surface area contributed by atoms with E-state index in [1.807, 2.05) is 26.0 Å². The Morgan fingerprint density at radius 3 is 2.87 bits per heavy atom. The van der Waals surface area contributed by atoms with Crippen LogP contribution in [0, 0.1) is 6.92 Å². The highest BCUT2D eigenvalue weighted by Gasteiger charge is 2.39. The SMILES string of the molecule is Cc1cc(C2CCCN(CCO)C2)ccc1Nc1ncc(Cl)c(CCc2cccc3c2C(C)(C)C(=O)N3)n1. The number of rotatable bonds is 8. The molecule has 0 aliphatic carbocycles. The van der Waals surface area contributed by atoms with Crippen LogP contribution < -0.4 is 10.6 Å². The number of carbonyl (C=O) groups is 1. The summed E-state index contributed by atoms with van der Waals surface area (Å²) in [5.74, 6) is 1.03. The van der Waals surface area contributed by atoms with Crippen LogP contribution in [0.5, 0.6) is 0 Å². The van der Waals surface area contributed by atoms with Crippen LogP contribution in [0.4, 0.5) is 17.3 Å². The average Bonchev–Trinajstić information content (AvgIpc) is 3.14. The molecule has 7 nitrogen and oxygen atoms in total. The van der Waals surface area contributed by atoms with Gasteiger partial charge in [0, 0.05) is 24.5 Å². The summed E-state index contributed by atoms with van der Waals surface area (Å²) in [7, 11) is 0. The Balaban J connectivity index is 1.29. The smallest absolute Gasteiger partial charge is 0.234 e. The van der Waals surface area contributed by atoms with Crippen LogP contribution in [0.1, 0.15) is 60.6 Å². The molecule has 3 N–H and O–H groups in total. The first-order valence-corrected chi connectivity index (χ1v) is 13.8. The standard InChI is InChI=1S/C30H36ClN5O2/c1-19-16-21(22-7-5-13-36(18-22)14-15-37)10-11-24(19)34-29-32-17-23(31)25(35-29)12-9-20-6-4-8-26-27(20)30(2,3)28(38)33-26/h4,6,8,10-11,16-17,22,37H,5,7,9,12-15,18H2,1-3H3,(H,33,38)(H,32,34,35). The normalized spacial score (nSPS) is 18.8. The van der Waals surface area contributed by atoms with Crippen molar-refractivity contribution in [2.75, 3.05) is 36.9 Å². The maximum atomic E-state index is 12.5. The van der Waals surface area contributed by atoms with E-state index in [4.69, 9.17) is 16.6 Å². The third-order valence-electron chi connectivity index (χ3n) is 7.93. The van der Waals surface area contributed by atoms with Crippen LogP contribution in [-0.2, 0) is 23.1 Å². The minimum absolute atomic E-state index is 0.0267. The van der Waals surface area contributed by atoms with Crippen LogP contribution in [0.25, 0.3) is 0 Å². The summed E-state index contributed by atoms with van der Waals surface area (Å²) in [6.07, 6.45) is 5.34. The minimum Gasteiger partial charge on any atom is -0.395 e. The van der Waals surface area contributed by atoms with Gasteiger partial charge in [0.15, 0.2) is 0 Å². The molecule has 0 saturated carbocycles. The van der Waals surface area contributed by atoms with Crippen molar-refractivity contribution in [2.45, 2.75) is 57.8 Å². The highest BCUT2D eigenvalue weighted by atomic mass is 35.5. The van der Waals surface area contributed by atoms with Crippen LogP contribution >= 0.6 is 11.6 Å². The summed E-state index contributed by atoms with van der Waals surface area (Å²) in [5.41, 5.74) is 6.73. The van der Waals surface area contributed by atoms with Gasteiger partial charge in [0.1, 0.15) is 0 Å². The van der Waals surface area contributed by atoms with E-state index in [0.717, 1.165) is 66.2 Å². The number of halogens is 1. The lowest BCUT2D eigenvalue weighted by molar-refractivity contribution is -0.119. The fraction of sp³-hybridized carbons (Fsp3) is 0.433. The summed E-state index contributed by atoms with van der Waals surface area (Å²) >= 11 is 6.50. The van der Waals surface area contributed by atoms with Crippen molar-refractivity contribution in [3.8, 4) is 0 Å². The Hall–Kier alpha value is -3.00. The zero-order chi connectivity index (χ0) is 26.9. The second kappa shape index (κ2) is 11.0. The maximum Gasteiger partial charge on any atom is 0.234 e. The zero-order valence-electron chi connectivity index (χ0n) is 22.4.